The quantitative estimate of drug-likeness (QED) is 0.650. The first-order valence-corrected chi connectivity index (χ1v) is 8.31. The van der Waals surface area contributed by atoms with Crippen LogP contribution >= 0.6 is 0 Å². The van der Waals surface area contributed by atoms with E-state index in [1.807, 2.05) is 0 Å². The van der Waals surface area contributed by atoms with Crippen LogP contribution in [0.4, 0.5) is 13.2 Å². The number of carbonyl (C=O) groups excluding carboxylic acids is 1. The second-order valence-corrected chi connectivity index (χ2v) is 6.01. The molecule has 0 amide bonds. The first-order chi connectivity index (χ1) is 13.3. The van der Waals surface area contributed by atoms with E-state index in [1.165, 1.54) is 43.5 Å². The molecule has 0 bridgehead atoms. The molecule has 0 aliphatic carbocycles. The van der Waals surface area contributed by atoms with Crippen molar-refractivity contribution >= 4 is 17.0 Å². The fraction of sp³-hybridized carbons (Fsp3) is 0.263. The second-order valence-electron chi connectivity index (χ2n) is 6.01. The van der Waals surface area contributed by atoms with Gasteiger partial charge in [-0.25, -0.2) is 9.78 Å². The van der Waals surface area contributed by atoms with Crippen molar-refractivity contribution in [3.05, 3.63) is 59.9 Å². The molecule has 0 spiro atoms. The molecule has 2 aromatic carbocycles. The fourth-order valence-electron chi connectivity index (χ4n) is 2.74. The van der Waals surface area contributed by atoms with Crippen molar-refractivity contribution in [3.63, 3.8) is 0 Å². The van der Waals surface area contributed by atoms with Crippen LogP contribution in [-0.4, -0.2) is 40.4 Å². The van der Waals surface area contributed by atoms with Crippen molar-refractivity contribution < 1.29 is 32.5 Å². The van der Waals surface area contributed by atoms with Crippen LogP contribution in [0.5, 0.6) is 5.75 Å². The molecule has 1 aromatic heterocycles. The monoisotopic (exact) mass is 394 g/mol. The van der Waals surface area contributed by atoms with E-state index < -0.39 is 24.1 Å². The van der Waals surface area contributed by atoms with E-state index in [0.717, 1.165) is 4.57 Å². The Balaban J connectivity index is 1.71. The number of hydrogen-bond donors (Lipinski definition) is 1. The number of rotatable bonds is 6. The van der Waals surface area contributed by atoms with Gasteiger partial charge in [0.25, 0.3) is 0 Å². The van der Waals surface area contributed by atoms with Crippen LogP contribution in [0.2, 0.25) is 0 Å². The van der Waals surface area contributed by atoms with Crippen LogP contribution in [-0.2, 0) is 17.5 Å². The van der Waals surface area contributed by atoms with Crippen molar-refractivity contribution in [1.29, 1.82) is 0 Å². The maximum absolute atomic E-state index is 13.3. The lowest BCUT2D eigenvalue weighted by molar-refractivity contribution is -0.147. The normalized spacial score (nSPS) is 12.8. The minimum Gasteiger partial charge on any atom is -0.491 e. The van der Waals surface area contributed by atoms with E-state index in [-0.39, 0.29) is 24.2 Å². The smallest absolute Gasteiger partial charge is 0.449 e. The zero-order valence-electron chi connectivity index (χ0n) is 14.8. The number of aromatic nitrogens is 2. The summed E-state index contributed by atoms with van der Waals surface area (Å²) in [7, 11) is 1.26. The maximum Gasteiger partial charge on any atom is 0.449 e. The molecule has 28 heavy (non-hydrogen) atoms. The third-order valence-corrected chi connectivity index (χ3v) is 4.02. The highest BCUT2D eigenvalue weighted by molar-refractivity contribution is 5.89. The molecule has 6 nitrogen and oxygen atoms in total. The maximum atomic E-state index is 13.3. The van der Waals surface area contributed by atoms with Gasteiger partial charge in [-0.1, -0.05) is 12.1 Å². The number of nitrogens with zero attached hydrogens (tertiary/aromatic N) is 2. The van der Waals surface area contributed by atoms with Gasteiger partial charge in [0.15, 0.2) is 0 Å². The lowest BCUT2D eigenvalue weighted by Gasteiger charge is -2.16. The molecular weight excluding hydrogens is 377 g/mol. The van der Waals surface area contributed by atoms with Gasteiger partial charge in [-0.05, 0) is 36.4 Å². The van der Waals surface area contributed by atoms with Crippen LogP contribution in [0.3, 0.4) is 0 Å². The first kappa shape index (κ1) is 19.7. The van der Waals surface area contributed by atoms with Crippen molar-refractivity contribution in [2.45, 2.75) is 18.8 Å². The van der Waals surface area contributed by atoms with Gasteiger partial charge in [0.2, 0.25) is 5.82 Å². The van der Waals surface area contributed by atoms with Gasteiger partial charge < -0.3 is 19.1 Å². The number of imidazole rings is 1. The van der Waals surface area contributed by atoms with Gasteiger partial charge >= 0.3 is 12.1 Å². The Labute approximate surface area is 158 Å². The topological polar surface area (TPSA) is 73.6 Å². The predicted molar refractivity (Wildman–Crippen MR) is 94.0 cm³/mol. The molecule has 0 radical (unpaired) electrons. The van der Waals surface area contributed by atoms with E-state index in [2.05, 4.69) is 9.72 Å². The van der Waals surface area contributed by atoms with Crippen LogP contribution in [0, 0.1) is 0 Å². The lowest BCUT2D eigenvalue weighted by Crippen LogP contribution is -2.26. The van der Waals surface area contributed by atoms with E-state index >= 15 is 0 Å². The molecule has 1 heterocycles. The van der Waals surface area contributed by atoms with Crippen molar-refractivity contribution in [2.24, 2.45) is 0 Å². The average molecular weight is 394 g/mol. The van der Waals surface area contributed by atoms with Crippen LogP contribution in [0.1, 0.15) is 16.2 Å². The van der Waals surface area contributed by atoms with E-state index in [9.17, 15) is 23.1 Å². The summed E-state index contributed by atoms with van der Waals surface area (Å²) in [5.74, 6) is -1.22. The summed E-state index contributed by atoms with van der Waals surface area (Å²) in [6, 6.07) is 12.2. The zero-order valence-corrected chi connectivity index (χ0v) is 14.8. The van der Waals surface area contributed by atoms with Gasteiger partial charge in [0.05, 0.1) is 30.3 Å². The molecule has 3 aromatic rings. The lowest BCUT2D eigenvalue weighted by atomic mass is 10.2. The number of hydrogen-bond acceptors (Lipinski definition) is 5. The standard InChI is InChI=1S/C19H17F3N2O4/c1-27-17(26)12-6-8-14(9-7-12)28-11-13(25)10-24-16-5-3-2-4-15(16)23-18(24)19(20,21)22/h2-9,13,25H,10-11H2,1H3. The number of benzene rings is 2. The SMILES string of the molecule is COC(=O)c1ccc(OCC(O)Cn2c(C(F)(F)F)nc3ccccc32)cc1. The van der Waals surface area contributed by atoms with Crippen molar-refractivity contribution in [3.8, 4) is 5.75 Å². The Morgan fingerprint density at radius 2 is 1.86 bits per heavy atom. The van der Waals surface area contributed by atoms with E-state index in [1.54, 1.807) is 12.1 Å². The molecule has 3 rings (SSSR count). The first-order valence-electron chi connectivity index (χ1n) is 8.31. The Hall–Kier alpha value is -3.07. The number of halogens is 3. The fourth-order valence-corrected chi connectivity index (χ4v) is 2.74. The third-order valence-electron chi connectivity index (χ3n) is 4.02. The minimum absolute atomic E-state index is 0.196. The zero-order chi connectivity index (χ0) is 20.3. The molecule has 1 N–H and O–H groups in total. The molecule has 1 atom stereocenters. The summed E-state index contributed by atoms with van der Waals surface area (Å²) >= 11 is 0. The number of aliphatic hydroxyl groups is 1. The van der Waals surface area contributed by atoms with E-state index in [4.69, 9.17) is 4.74 Å². The number of aliphatic hydroxyl groups excluding tert-OH is 1. The van der Waals surface area contributed by atoms with Crippen molar-refractivity contribution in [1.82, 2.24) is 9.55 Å². The highest BCUT2D eigenvalue weighted by atomic mass is 19.4. The number of esters is 1. The summed E-state index contributed by atoms with van der Waals surface area (Å²) in [4.78, 5) is 15.0. The molecule has 0 aliphatic rings. The number of para-hydroxylation sites is 2. The van der Waals surface area contributed by atoms with Gasteiger partial charge in [-0.2, -0.15) is 13.2 Å². The summed E-state index contributed by atoms with van der Waals surface area (Å²) in [5, 5.41) is 10.2. The average Bonchev–Trinajstić information content (AvgIpc) is 3.05. The summed E-state index contributed by atoms with van der Waals surface area (Å²) in [6.45, 7) is -0.572. The number of carbonyl (C=O) groups is 1. The molecule has 1 unspecified atom stereocenters. The highest BCUT2D eigenvalue weighted by Crippen LogP contribution is 2.31. The minimum atomic E-state index is -4.65. The second kappa shape index (κ2) is 7.89. The Kier molecular flexibility index (Phi) is 5.55. The molecular formula is C19H17F3N2O4. The summed E-state index contributed by atoms with van der Waals surface area (Å²) in [5.41, 5.74) is 0.799. The number of fused-ring (bicyclic) bond motifs is 1. The van der Waals surface area contributed by atoms with Gasteiger partial charge in [0, 0.05) is 0 Å². The van der Waals surface area contributed by atoms with Gasteiger partial charge in [0.1, 0.15) is 18.5 Å². The molecule has 0 saturated carbocycles. The number of alkyl halides is 3. The van der Waals surface area contributed by atoms with Gasteiger partial charge in [-0.3, -0.25) is 0 Å². The number of methoxy groups -OCH3 is 1. The van der Waals surface area contributed by atoms with Crippen LogP contribution < -0.4 is 4.74 Å². The molecule has 0 fully saturated rings. The molecule has 148 valence electrons. The summed E-state index contributed by atoms with van der Waals surface area (Å²) < 4.78 is 50.8. The highest BCUT2D eigenvalue weighted by Gasteiger charge is 2.37. The largest absolute Gasteiger partial charge is 0.491 e. The molecule has 0 aliphatic heterocycles. The summed E-state index contributed by atoms with van der Waals surface area (Å²) in [6.07, 6.45) is -5.86. The van der Waals surface area contributed by atoms with E-state index in [0.29, 0.717) is 11.3 Å². The predicted octanol–water partition coefficient (Wildman–Crippen LogP) is 3.28. The van der Waals surface area contributed by atoms with Gasteiger partial charge in [-0.15, -0.1) is 0 Å². The molecule has 0 saturated heterocycles. The third kappa shape index (κ3) is 4.25. The van der Waals surface area contributed by atoms with Crippen LogP contribution in [0.15, 0.2) is 48.5 Å². The Morgan fingerprint density at radius 3 is 2.50 bits per heavy atom. The number of ether oxygens (including phenoxy) is 2. The Bertz CT molecular complexity index is 967. The van der Waals surface area contributed by atoms with Crippen LogP contribution in [0.25, 0.3) is 11.0 Å². The Morgan fingerprint density at radius 1 is 1.18 bits per heavy atom. The molecule has 9 heteroatoms. The van der Waals surface area contributed by atoms with Crippen molar-refractivity contribution in [2.75, 3.05) is 13.7 Å².